The van der Waals surface area contributed by atoms with E-state index in [1.807, 2.05) is 6.92 Å². The Morgan fingerprint density at radius 1 is 1.39 bits per heavy atom. The molecular formula is C13H18N2O3. The van der Waals surface area contributed by atoms with Gasteiger partial charge >= 0.3 is 0 Å². The van der Waals surface area contributed by atoms with Crippen LogP contribution in [0, 0.1) is 6.92 Å². The number of amides is 2. The fourth-order valence-electron chi connectivity index (χ4n) is 1.58. The first-order chi connectivity index (χ1) is 8.47. The van der Waals surface area contributed by atoms with Crippen molar-refractivity contribution in [3.8, 4) is 5.75 Å². The molecule has 0 spiro atoms. The van der Waals surface area contributed by atoms with Crippen molar-refractivity contribution >= 4 is 11.8 Å². The number of nitrogens with one attached hydrogen (secondary N) is 1. The minimum absolute atomic E-state index is 0.0277. The lowest BCUT2D eigenvalue weighted by Gasteiger charge is -2.17. The number of aromatic hydroxyl groups is 1. The van der Waals surface area contributed by atoms with Gasteiger partial charge in [0.15, 0.2) is 0 Å². The summed E-state index contributed by atoms with van der Waals surface area (Å²) < 4.78 is 0. The second kappa shape index (κ2) is 6.05. The topological polar surface area (TPSA) is 69.6 Å². The molecule has 0 bridgehead atoms. The van der Waals surface area contributed by atoms with E-state index in [9.17, 15) is 14.7 Å². The summed E-state index contributed by atoms with van der Waals surface area (Å²) in [4.78, 5) is 24.7. The zero-order chi connectivity index (χ0) is 13.7. The molecule has 0 saturated heterocycles. The van der Waals surface area contributed by atoms with Crippen molar-refractivity contribution in [3.05, 3.63) is 29.3 Å². The second-order valence-electron chi connectivity index (χ2n) is 4.09. The number of nitrogens with zero attached hydrogens (tertiary/aromatic N) is 1. The number of rotatable bonds is 4. The Hall–Kier alpha value is -2.04. The highest BCUT2D eigenvalue weighted by molar-refractivity contribution is 5.98. The molecule has 1 rings (SSSR count). The number of phenols is 1. The Labute approximate surface area is 106 Å². The molecular weight excluding hydrogens is 232 g/mol. The molecule has 0 heterocycles. The maximum atomic E-state index is 12.0. The molecule has 0 unspecified atom stereocenters. The average molecular weight is 250 g/mol. The van der Waals surface area contributed by atoms with Crippen molar-refractivity contribution in [1.29, 1.82) is 0 Å². The SMILES string of the molecule is CCNC(=O)CN(C)C(=O)c1cccc(C)c1O. The lowest BCUT2D eigenvalue weighted by molar-refractivity contribution is -0.121. The van der Waals surface area contributed by atoms with E-state index in [4.69, 9.17) is 0 Å². The smallest absolute Gasteiger partial charge is 0.257 e. The first-order valence-corrected chi connectivity index (χ1v) is 5.78. The highest BCUT2D eigenvalue weighted by Gasteiger charge is 2.18. The van der Waals surface area contributed by atoms with Gasteiger partial charge in [-0.05, 0) is 25.5 Å². The number of carbonyl (C=O) groups is 2. The molecule has 5 nitrogen and oxygen atoms in total. The molecule has 5 heteroatoms. The molecule has 0 atom stereocenters. The largest absolute Gasteiger partial charge is 0.507 e. The fraction of sp³-hybridized carbons (Fsp3) is 0.385. The van der Waals surface area contributed by atoms with Crippen LogP contribution in [0.1, 0.15) is 22.8 Å². The third kappa shape index (κ3) is 3.23. The molecule has 0 saturated carbocycles. The summed E-state index contributed by atoms with van der Waals surface area (Å²) in [5.41, 5.74) is 0.842. The maximum absolute atomic E-state index is 12.0. The Kier molecular flexibility index (Phi) is 4.71. The summed E-state index contributed by atoms with van der Waals surface area (Å²) in [5.74, 6) is -0.631. The van der Waals surface area contributed by atoms with Crippen LogP contribution >= 0.6 is 0 Å². The average Bonchev–Trinajstić information content (AvgIpc) is 2.32. The molecule has 0 aliphatic heterocycles. The van der Waals surface area contributed by atoms with Crippen LogP contribution in [0.3, 0.4) is 0 Å². The maximum Gasteiger partial charge on any atom is 0.257 e. The number of hydrogen-bond donors (Lipinski definition) is 2. The van der Waals surface area contributed by atoms with E-state index in [0.717, 1.165) is 0 Å². The van der Waals surface area contributed by atoms with Gasteiger partial charge in [-0.2, -0.15) is 0 Å². The lowest BCUT2D eigenvalue weighted by Crippen LogP contribution is -2.38. The highest BCUT2D eigenvalue weighted by Crippen LogP contribution is 2.22. The Balaban J connectivity index is 2.81. The Morgan fingerprint density at radius 3 is 2.67 bits per heavy atom. The minimum Gasteiger partial charge on any atom is -0.507 e. The standard InChI is InChI=1S/C13H18N2O3/c1-4-14-11(16)8-15(3)13(18)10-7-5-6-9(2)12(10)17/h5-7,17H,4,8H2,1-3H3,(H,14,16). The van der Waals surface area contributed by atoms with Crippen LogP contribution < -0.4 is 5.32 Å². The summed E-state index contributed by atoms with van der Waals surface area (Å²) >= 11 is 0. The molecule has 18 heavy (non-hydrogen) atoms. The van der Waals surface area contributed by atoms with Gasteiger partial charge in [0, 0.05) is 13.6 Å². The number of phenolic OH excluding ortho intramolecular Hbond substituents is 1. The molecule has 98 valence electrons. The molecule has 0 fully saturated rings. The molecule has 1 aromatic rings. The van der Waals surface area contributed by atoms with E-state index in [1.165, 1.54) is 11.9 Å². The Bertz CT molecular complexity index is 458. The van der Waals surface area contributed by atoms with Crippen LogP contribution in [-0.2, 0) is 4.79 Å². The first-order valence-electron chi connectivity index (χ1n) is 5.78. The van der Waals surface area contributed by atoms with Crippen LogP contribution in [0.2, 0.25) is 0 Å². The number of para-hydroxylation sites is 1. The number of likely N-dealkylation sites (N-methyl/N-ethyl adjacent to an activating group) is 2. The molecule has 2 N–H and O–H groups in total. The van der Waals surface area contributed by atoms with Crippen molar-refractivity contribution in [2.45, 2.75) is 13.8 Å². The van der Waals surface area contributed by atoms with Crippen molar-refractivity contribution in [2.24, 2.45) is 0 Å². The molecule has 0 aliphatic rings. The second-order valence-corrected chi connectivity index (χ2v) is 4.09. The van der Waals surface area contributed by atoms with E-state index in [-0.39, 0.29) is 29.7 Å². The van der Waals surface area contributed by atoms with Gasteiger partial charge in [0.1, 0.15) is 5.75 Å². The summed E-state index contributed by atoms with van der Waals surface area (Å²) in [7, 11) is 1.53. The minimum atomic E-state index is -0.373. The molecule has 1 aromatic carbocycles. The lowest BCUT2D eigenvalue weighted by atomic mass is 10.1. The van der Waals surface area contributed by atoms with E-state index in [0.29, 0.717) is 12.1 Å². The summed E-state index contributed by atoms with van der Waals surface area (Å²) in [6, 6.07) is 4.96. The van der Waals surface area contributed by atoms with Crippen molar-refractivity contribution < 1.29 is 14.7 Å². The van der Waals surface area contributed by atoms with Gasteiger partial charge in [-0.25, -0.2) is 0 Å². The summed E-state index contributed by atoms with van der Waals surface area (Å²) in [5, 5.41) is 12.4. The monoisotopic (exact) mass is 250 g/mol. The molecule has 0 aromatic heterocycles. The van der Waals surface area contributed by atoms with Crippen molar-refractivity contribution in [3.63, 3.8) is 0 Å². The van der Waals surface area contributed by atoms with Gasteiger partial charge in [-0.1, -0.05) is 12.1 Å². The predicted molar refractivity (Wildman–Crippen MR) is 68.5 cm³/mol. The van der Waals surface area contributed by atoms with Gasteiger partial charge in [0.2, 0.25) is 5.91 Å². The number of benzene rings is 1. The fourth-order valence-corrected chi connectivity index (χ4v) is 1.58. The number of aryl methyl sites for hydroxylation is 1. The third-order valence-electron chi connectivity index (χ3n) is 2.57. The van der Waals surface area contributed by atoms with Gasteiger partial charge in [-0.15, -0.1) is 0 Å². The number of carbonyl (C=O) groups excluding carboxylic acids is 2. The predicted octanol–water partition coefficient (Wildman–Crippen LogP) is 0.909. The van der Waals surface area contributed by atoms with Crippen LogP contribution in [0.25, 0.3) is 0 Å². The van der Waals surface area contributed by atoms with Crippen molar-refractivity contribution in [2.75, 3.05) is 20.1 Å². The van der Waals surface area contributed by atoms with Crippen LogP contribution in [0.4, 0.5) is 0 Å². The normalized spacial score (nSPS) is 9.94. The number of hydrogen-bond acceptors (Lipinski definition) is 3. The Morgan fingerprint density at radius 2 is 2.06 bits per heavy atom. The zero-order valence-corrected chi connectivity index (χ0v) is 10.9. The molecule has 0 aliphatic carbocycles. The van der Waals surface area contributed by atoms with Crippen LogP contribution in [0.5, 0.6) is 5.75 Å². The van der Waals surface area contributed by atoms with Gasteiger partial charge in [0.05, 0.1) is 12.1 Å². The van der Waals surface area contributed by atoms with E-state index in [1.54, 1.807) is 25.1 Å². The van der Waals surface area contributed by atoms with Gasteiger partial charge in [-0.3, -0.25) is 9.59 Å². The van der Waals surface area contributed by atoms with Crippen LogP contribution in [-0.4, -0.2) is 42.0 Å². The first kappa shape index (κ1) is 14.0. The summed E-state index contributed by atoms with van der Waals surface area (Å²) in [6.07, 6.45) is 0. The summed E-state index contributed by atoms with van der Waals surface area (Å²) in [6.45, 7) is 4.03. The van der Waals surface area contributed by atoms with Crippen molar-refractivity contribution in [1.82, 2.24) is 10.2 Å². The molecule has 2 amide bonds. The van der Waals surface area contributed by atoms with E-state index >= 15 is 0 Å². The van der Waals surface area contributed by atoms with Gasteiger partial charge < -0.3 is 15.3 Å². The van der Waals surface area contributed by atoms with E-state index < -0.39 is 0 Å². The highest BCUT2D eigenvalue weighted by atomic mass is 16.3. The van der Waals surface area contributed by atoms with Crippen LogP contribution in [0.15, 0.2) is 18.2 Å². The van der Waals surface area contributed by atoms with Gasteiger partial charge in [0.25, 0.3) is 5.91 Å². The molecule has 0 radical (unpaired) electrons. The van der Waals surface area contributed by atoms with E-state index in [2.05, 4.69) is 5.32 Å². The quantitative estimate of drug-likeness (QED) is 0.834. The third-order valence-corrected chi connectivity index (χ3v) is 2.57. The zero-order valence-electron chi connectivity index (χ0n) is 10.9.